The highest BCUT2D eigenvalue weighted by Crippen LogP contribution is 2.22. The molecule has 1 aromatic rings. The fourth-order valence-electron chi connectivity index (χ4n) is 1.54. The summed E-state index contributed by atoms with van der Waals surface area (Å²) in [6.45, 7) is 0.690. The minimum atomic E-state index is -0.108. The number of hydrogen-bond donors (Lipinski definition) is 1. The first kappa shape index (κ1) is 15.9. The van der Waals surface area contributed by atoms with Gasteiger partial charge in [0.15, 0.2) is 0 Å². The Morgan fingerprint density at radius 3 is 2.45 bits per heavy atom. The number of nitrogens with zero attached hydrogens (tertiary/aromatic N) is 3. The van der Waals surface area contributed by atoms with Crippen LogP contribution in [0.5, 0.6) is 5.75 Å². The van der Waals surface area contributed by atoms with Crippen molar-refractivity contribution in [2.75, 3.05) is 18.8 Å². The maximum absolute atomic E-state index is 12.0. The molecule has 1 aromatic carbocycles. The van der Waals surface area contributed by atoms with E-state index in [1.54, 1.807) is 18.2 Å². The summed E-state index contributed by atoms with van der Waals surface area (Å²) in [5.41, 5.74) is 0. The number of benzene rings is 1. The lowest BCUT2D eigenvalue weighted by Gasteiger charge is -2.20. The van der Waals surface area contributed by atoms with E-state index in [0.717, 1.165) is 4.90 Å². The van der Waals surface area contributed by atoms with E-state index >= 15 is 0 Å². The van der Waals surface area contributed by atoms with Crippen molar-refractivity contribution in [1.82, 2.24) is 4.90 Å². The molecule has 104 valence electrons. The molecule has 5 nitrogen and oxygen atoms in total. The van der Waals surface area contributed by atoms with Gasteiger partial charge in [-0.2, -0.15) is 10.5 Å². The first-order valence-electron chi connectivity index (χ1n) is 6.11. The van der Waals surface area contributed by atoms with Crippen LogP contribution in [-0.2, 0) is 4.79 Å². The van der Waals surface area contributed by atoms with Crippen LogP contribution in [0, 0.1) is 22.7 Å². The number of carbonyl (C=O) groups is 1. The number of carbonyl (C=O) groups excluding carboxylic acids is 1. The molecule has 0 aromatic heterocycles. The van der Waals surface area contributed by atoms with Crippen LogP contribution in [0.4, 0.5) is 0 Å². The molecular formula is C14H15N3O2S. The highest BCUT2D eigenvalue weighted by molar-refractivity contribution is 8.00. The maximum atomic E-state index is 12.0. The van der Waals surface area contributed by atoms with Crippen LogP contribution >= 0.6 is 11.8 Å². The van der Waals surface area contributed by atoms with Gasteiger partial charge in [-0.05, 0) is 18.2 Å². The second-order valence-corrected chi connectivity index (χ2v) is 5.03. The fraction of sp³-hybridized carbons (Fsp3) is 0.357. The van der Waals surface area contributed by atoms with E-state index in [4.69, 9.17) is 10.5 Å². The van der Waals surface area contributed by atoms with Crippen molar-refractivity contribution in [3.63, 3.8) is 0 Å². The molecule has 6 heteroatoms. The molecule has 0 radical (unpaired) electrons. The van der Waals surface area contributed by atoms with Gasteiger partial charge in [0.1, 0.15) is 5.75 Å². The monoisotopic (exact) mass is 289 g/mol. The summed E-state index contributed by atoms with van der Waals surface area (Å²) in [6, 6.07) is 10.7. The molecule has 0 heterocycles. The van der Waals surface area contributed by atoms with E-state index in [9.17, 15) is 9.90 Å². The first-order chi connectivity index (χ1) is 9.67. The minimum Gasteiger partial charge on any atom is -0.508 e. The SMILES string of the molecule is N#CCCN(CCC#N)C(=O)CSc1cccc(O)c1. The molecule has 1 rings (SSSR count). The highest BCUT2D eigenvalue weighted by Gasteiger charge is 2.13. The number of nitriles is 2. The summed E-state index contributed by atoms with van der Waals surface area (Å²) in [4.78, 5) is 14.4. The molecule has 1 N–H and O–H groups in total. The third kappa shape index (κ3) is 5.64. The molecule has 0 saturated carbocycles. The molecule has 0 unspecified atom stereocenters. The van der Waals surface area contributed by atoms with Crippen LogP contribution in [0.3, 0.4) is 0 Å². The summed E-state index contributed by atoms with van der Waals surface area (Å²) in [5.74, 6) is 0.275. The summed E-state index contributed by atoms with van der Waals surface area (Å²) in [6.07, 6.45) is 0.516. The molecule has 0 aliphatic rings. The number of rotatable bonds is 7. The van der Waals surface area contributed by atoms with Crippen LogP contribution in [0.25, 0.3) is 0 Å². The number of thioether (sulfide) groups is 1. The van der Waals surface area contributed by atoms with Crippen LogP contribution < -0.4 is 0 Å². The Morgan fingerprint density at radius 2 is 1.90 bits per heavy atom. The number of amides is 1. The van der Waals surface area contributed by atoms with Gasteiger partial charge in [0.25, 0.3) is 0 Å². The van der Waals surface area contributed by atoms with E-state index < -0.39 is 0 Å². The molecule has 0 bridgehead atoms. The lowest BCUT2D eigenvalue weighted by atomic mass is 10.3. The van der Waals surface area contributed by atoms with Crippen LogP contribution in [0.2, 0.25) is 0 Å². The van der Waals surface area contributed by atoms with Crippen LogP contribution in [0.1, 0.15) is 12.8 Å². The van der Waals surface area contributed by atoms with Gasteiger partial charge in [-0.3, -0.25) is 4.79 Å². The predicted molar refractivity (Wildman–Crippen MR) is 75.9 cm³/mol. The maximum Gasteiger partial charge on any atom is 0.232 e. The standard InChI is InChI=1S/C14H15N3O2S/c15-6-2-8-17(9-3-7-16)14(19)11-20-13-5-1-4-12(18)10-13/h1,4-5,10,18H,2-3,8-9,11H2. The third-order valence-corrected chi connectivity index (χ3v) is 3.50. The van der Waals surface area contributed by atoms with Crippen LogP contribution in [-0.4, -0.2) is 34.8 Å². The first-order valence-corrected chi connectivity index (χ1v) is 7.09. The van der Waals surface area contributed by atoms with Gasteiger partial charge < -0.3 is 10.0 Å². The smallest absolute Gasteiger partial charge is 0.232 e. The number of aromatic hydroxyl groups is 1. The second-order valence-electron chi connectivity index (χ2n) is 3.98. The zero-order valence-electron chi connectivity index (χ0n) is 11.0. The van der Waals surface area contributed by atoms with E-state index in [2.05, 4.69) is 0 Å². The zero-order valence-corrected chi connectivity index (χ0v) is 11.8. The van der Waals surface area contributed by atoms with Gasteiger partial charge in [0.05, 0.1) is 30.7 Å². The third-order valence-electron chi connectivity index (χ3n) is 2.52. The van der Waals surface area contributed by atoms with Gasteiger partial charge in [0, 0.05) is 18.0 Å². The molecule has 0 aliphatic carbocycles. The van der Waals surface area contributed by atoms with Crippen molar-refractivity contribution in [2.45, 2.75) is 17.7 Å². The van der Waals surface area contributed by atoms with E-state index in [1.165, 1.54) is 16.7 Å². The molecular weight excluding hydrogens is 274 g/mol. The lowest BCUT2D eigenvalue weighted by Crippen LogP contribution is -2.34. The van der Waals surface area contributed by atoms with Gasteiger partial charge in [0.2, 0.25) is 5.91 Å². The minimum absolute atomic E-state index is 0.108. The number of hydrogen-bond acceptors (Lipinski definition) is 5. The van der Waals surface area contributed by atoms with E-state index in [0.29, 0.717) is 13.1 Å². The largest absolute Gasteiger partial charge is 0.508 e. The van der Waals surface area contributed by atoms with Crippen molar-refractivity contribution in [3.05, 3.63) is 24.3 Å². The Hall–Kier alpha value is -2.18. The second kappa shape index (κ2) is 8.84. The summed E-state index contributed by atoms with van der Waals surface area (Å²) in [5, 5.41) is 26.5. The molecule has 0 saturated heterocycles. The predicted octanol–water partition coefficient (Wildman–Crippen LogP) is 2.14. The van der Waals surface area contributed by atoms with Gasteiger partial charge in [-0.15, -0.1) is 11.8 Å². The van der Waals surface area contributed by atoms with E-state index in [-0.39, 0.29) is 30.3 Å². The molecule has 0 spiro atoms. The summed E-state index contributed by atoms with van der Waals surface area (Å²) < 4.78 is 0. The molecule has 0 aliphatic heterocycles. The lowest BCUT2D eigenvalue weighted by molar-refractivity contribution is -0.128. The normalized spacial score (nSPS) is 9.50. The summed E-state index contributed by atoms with van der Waals surface area (Å²) in [7, 11) is 0. The Labute approximate surface area is 122 Å². The van der Waals surface area contributed by atoms with Crippen molar-refractivity contribution in [3.8, 4) is 17.9 Å². The van der Waals surface area contributed by atoms with Gasteiger partial charge >= 0.3 is 0 Å². The average Bonchev–Trinajstić information content (AvgIpc) is 2.45. The quantitative estimate of drug-likeness (QED) is 0.777. The van der Waals surface area contributed by atoms with Crippen molar-refractivity contribution in [2.24, 2.45) is 0 Å². The van der Waals surface area contributed by atoms with Crippen molar-refractivity contribution in [1.29, 1.82) is 10.5 Å². The van der Waals surface area contributed by atoms with Crippen molar-refractivity contribution < 1.29 is 9.90 Å². The molecule has 0 fully saturated rings. The zero-order chi connectivity index (χ0) is 14.8. The highest BCUT2D eigenvalue weighted by atomic mass is 32.2. The van der Waals surface area contributed by atoms with Gasteiger partial charge in [-0.1, -0.05) is 6.07 Å². The number of phenols is 1. The van der Waals surface area contributed by atoms with Crippen molar-refractivity contribution >= 4 is 17.7 Å². The molecule has 0 atom stereocenters. The Bertz CT molecular complexity index is 516. The Balaban J connectivity index is 2.53. The van der Waals surface area contributed by atoms with Crippen LogP contribution in [0.15, 0.2) is 29.2 Å². The number of phenolic OH excluding ortho intramolecular Hbond substituents is 1. The molecule has 20 heavy (non-hydrogen) atoms. The summed E-state index contributed by atoms with van der Waals surface area (Å²) >= 11 is 1.32. The fourth-order valence-corrected chi connectivity index (χ4v) is 2.39. The average molecular weight is 289 g/mol. The Kier molecular flexibility index (Phi) is 7.02. The van der Waals surface area contributed by atoms with Gasteiger partial charge in [-0.25, -0.2) is 0 Å². The topological polar surface area (TPSA) is 88.1 Å². The van der Waals surface area contributed by atoms with E-state index in [1.807, 2.05) is 18.2 Å². The molecule has 1 amide bonds. The Morgan fingerprint density at radius 1 is 1.25 bits per heavy atom.